The van der Waals surface area contributed by atoms with E-state index in [-0.39, 0.29) is 0 Å². The van der Waals surface area contributed by atoms with Crippen molar-refractivity contribution in [2.45, 2.75) is 24.9 Å². The molecule has 7 nitrogen and oxygen atoms in total. The number of hydrogen-bond acceptors (Lipinski definition) is 6. The Balaban J connectivity index is 1.16. The maximum Gasteiger partial charge on any atom is 0.198 e. The number of aromatic amines is 2. The number of ether oxygens (including phenoxy) is 1. The smallest absolute Gasteiger partial charge is 0.198 e. The highest BCUT2D eigenvalue weighted by Gasteiger charge is 2.30. The van der Waals surface area contributed by atoms with E-state index in [1.807, 2.05) is 48.5 Å². The van der Waals surface area contributed by atoms with Crippen LogP contribution >= 0.6 is 24.4 Å². The predicted molar refractivity (Wildman–Crippen MR) is 142 cm³/mol. The third kappa shape index (κ3) is 5.16. The van der Waals surface area contributed by atoms with Gasteiger partial charge in [0.2, 0.25) is 0 Å². The van der Waals surface area contributed by atoms with Crippen LogP contribution in [-0.4, -0.2) is 33.6 Å². The average Bonchev–Trinajstić information content (AvgIpc) is 3.19. The number of anilines is 3. The lowest BCUT2D eigenvalue weighted by Crippen LogP contribution is -2.47. The summed E-state index contributed by atoms with van der Waals surface area (Å²) >= 11 is 10.6. The monoisotopic (exact) mass is 490 g/mol. The van der Waals surface area contributed by atoms with Crippen LogP contribution in [0.4, 0.5) is 17.1 Å². The zero-order chi connectivity index (χ0) is 23.3. The fourth-order valence-corrected chi connectivity index (χ4v) is 4.54. The lowest BCUT2D eigenvalue weighted by Gasteiger charge is -2.39. The van der Waals surface area contributed by atoms with Gasteiger partial charge in [0.15, 0.2) is 16.3 Å². The molecule has 0 saturated heterocycles. The van der Waals surface area contributed by atoms with Crippen molar-refractivity contribution in [2.75, 3.05) is 22.7 Å². The van der Waals surface area contributed by atoms with E-state index in [0.717, 1.165) is 41.3 Å². The summed E-state index contributed by atoms with van der Waals surface area (Å²) in [5.74, 6) is 0.802. The minimum absolute atomic E-state index is 0.333. The topological polar surface area (TPSA) is 81.8 Å². The minimum Gasteiger partial charge on any atom is -0.473 e. The van der Waals surface area contributed by atoms with Crippen LogP contribution in [0.2, 0.25) is 0 Å². The number of nitrogens with zero attached hydrogens (tertiary/aromatic N) is 1. The van der Waals surface area contributed by atoms with E-state index >= 15 is 0 Å². The summed E-state index contributed by atoms with van der Waals surface area (Å²) in [6.45, 7) is 0.333. The van der Waals surface area contributed by atoms with Gasteiger partial charge in [-0.3, -0.25) is 14.8 Å². The molecular weight excluding hydrogens is 464 g/mol. The van der Waals surface area contributed by atoms with Gasteiger partial charge in [0, 0.05) is 35.2 Å². The quantitative estimate of drug-likeness (QED) is 0.144. The molecule has 1 aliphatic carbocycles. The second kappa shape index (κ2) is 10.1. The molecule has 3 aromatic carbocycles. The van der Waals surface area contributed by atoms with Gasteiger partial charge >= 0.3 is 0 Å². The van der Waals surface area contributed by atoms with Crippen LogP contribution in [0.5, 0.6) is 5.75 Å². The summed E-state index contributed by atoms with van der Waals surface area (Å²) in [5, 5.41) is 16.3. The SMILES string of the molecule is S=c1[nH][nH]c(=S)n1-c1cccc(NCOc2cccc(NC3CCC3Nc3ccccc3)c2)c1. The predicted octanol–water partition coefficient (Wildman–Crippen LogP) is 6.10. The van der Waals surface area contributed by atoms with E-state index in [1.54, 1.807) is 4.57 Å². The average molecular weight is 491 g/mol. The van der Waals surface area contributed by atoms with Crippen molar-refractivity contribution in [1.29, 1.82) is 0 Å². The summed E-state index contributed by atoms with van der Waals surface area (Å²) < 4.78 is 8.77. The number of rotatable bonds is 9. The fourth-order valence-electron chi connectivity index (χ4n) is 3.99. The number of hydrogen-bond donors (Lipinski definition) is 5. The van der Waals surface area contributed by atoms with Crippen LogP contribution in [0.3, 0.4) is 0 Å². The summed E-state index contributed by atoms with van der Waals surface area (Å²) in [5.41, 5.74) is 4.00. The lowest BCUT2D eigenvalue weighted by molar-refractivity contribution is 0.346. The molecule has 0 bridgehead atoms. The Labute approximate surface area is 208 Å². The van der Waals surface area contributed by atoms with Crippen molar-refractivity contribution < 1.29 is 4.74 Å². The molecule has 1 saturated carbocycles. The van der Waals surface area contributed by atoms with Crippen molar-refractivity contribution in [2.24, 2.45) is 0 Å². The molecule has 34 heavy (non-hydrogen) atoms. The third-order valence-corrected chi connectivity index (χ3v) is 6.46. The minimum atomic E-state index is 0.333. The highest BCUT2D eigenvalue weighted by molar-refractivity contribution is 7.72. The molecule has 174 valence electrons. The first-order valence-electron chi connectivity index (χ1n) is 11.2. The van der Waals surface area contributed by atoms with Gasteiger partial charge in [-0.25, -0.2) is 0 Å². The lowest BCUT2D eigenvalue weighted by atomic mass is 9.86. The fraction of sp³-hybridized carbons (Fsp3) is 0.200. The van der Waals surface area contributed by atoms with Crippen molar-refractivity contribution in [3.8, 4) is 11.4 Å². The summed E-state index contributed by atoms with van der Waals surface area (Å²) in [7, 11) is 0. The number of H-pyrrole nitrogens is 2. The summed E-state index contributed by atoms with van der Waals surface area (Å²) in [6.07, 6.45) is 2.30. The summed E-state index contributed by atoms with van der Waals surface area (Å²) in [6, 6.07) is 27.1. The maximum atomic E-state index is 5.96. The van der Waals surface area contributed by atoms with E-state index in [4.69, 9.17) is 29.2 Å². The number of para-hydroxylation sites is 1. The van der Waals surface area contributed by atoms with Crippen LogP contribution in [0.1, 0.15) is 12.8 Å². The van der Waals surface area contributed by atoms with Crippen LogP contribution in [0, 0.1) is 9.54 Å². The van der Waals surface area contributed by atoms with Crippen LogP contribution in [0.15, 0.2) is 78.9 Å². The van der Waals surface area contributed by atoms with Crippen molar-refractivity contribution >= 4 is 41.5 Å². The normalized spacial score (nSPS) is 16.9. The molecule has 1 heterocycles. The standard InChI is InChI=1S/C25H26N6OS2/c33-24-29-30-25(34)31(24)20-10-4-8-18(14-20)26-16-32-21-11-5-9-19(15-21)28-23-13-12-22(23)27-17-6-2-1-3-7-17/h1-11,14-15,22-23,26-28H,12-13,16H2,(H,29,33)(H,30,34). The molecule has 1 aromatic heterocycles. The highest BCUT2D eigenvalue weighted by Crippen LogP contribution is 2.28. The first kappa shape index (κ1) is 22.2. The second-order valence-electron chi connectivity index (χ2n) is 8.18. The zero-order valence-corrected chi connectivity index (χ0v) is 20.1. The molecule has 0 amide bonds. The zero-order valence-electron chi connectivity index (χ0n) is 18.5. The Morgan fingerprint density at radius 3 is 2.15 bits per heavy atom. The van der Waals surface area contributed by atoms with Gasteiger partial charge in [0.1, 0.15) is 5.75 Å². The van der Waals surface area contributed by atoms with E-state index in [9.17, 15) is 0 Å². The van der Waals surface area contributed by atoms with E-state index in [0.29, 0.717) is 28.4 Å². The van der Waals surface area contributed by atoms with Gasteiger partial charge < -0.3 is 20.7 Å². The van der Waals surface area contributed by atoms with Gasteiger partial charge in [-0.05, 0) is 79.7 Å². The Hall–Kier alpha value is -3.56. The van der Waals surface area contributed by atoms with Crippen LogP contribution in [-0.2, 0) is 0 Å². The molecule has 5 rings (SSSR count). The summed E-state index contributed by atoms with van der Waals surface area (Å²) in [4.78, 5) is 0. The molecule has 0 spiro atoms. The largest absolute Gasteiger partial charge is 0.473 e. The van der Waals surface area contributed by atoms with Crippen molar-refractivity contribution in [3.63, 3.8) is 0 Å². The Bertz CT molecular complexity index is 1340. The highest BCUT2D eigenvalue weighted by atomic mass is 32.1. The molecular formula is C25H26N6OS2. The van der Waals surface area contributed by atoms with Gasteiger partial charge in [0.25, 0.3) is 0 Å². The molecule has 9 heteroatoms. The molecule has 2 unspecified atom stereocenters. The molecule has 0 aliphatic heterocycles. The molecule has 1 fully saturated rings. The Kier molecular flexibility index (Phi) is 6.64. The van der Waals surface area contributed by atoms with Crippen molar-refractivity contribution in [3.05, 3.63) is 88.4 Å². The van der Waals surface area contributed by atoms with Gasteiger partial charge in [-0.1, -0.05) is 30.3 Å². The van der Waals surface area contributed by atoms with E-state index < -0.39 is 0 Å². The van der Waals surface area contributed by atoms with Gasteiger partial charge in [0.05, 0.1) is 5.69 Å². The molecule has 2 atom stereocenters. The first-order valence-corrected chi connectivity index (χ1v) is 12.0. The third-order valence-electron chi connectivity index (χ3n) is 5.89. The second-order valence-corrected chi connectivity index (χ2v) is 8.96. The molecule has 1 aliphatic rings. The Morgan fingerprint density at radius 1 is 0.765 bits per heavy atom. The maximum absolute atomic E-state index is 5.96. The molecule has 0 radical (unpaired) electrons. The Morgan fingerprint density at radius 2 is 1.41 bits per heavy atom. The first-order chi connectivity index (χ1) is 16.7. The number of nitrogens with one attached hydrogen (secondary N) is 5. The molecule has 5 N–H and O–H groups in total. The van der Waals surface area contributed by atoms with E-state index in [1.165, 1.54) is 0 Å². The van der Waals surface area contributed by atoms with Crippen LogP contribution in [0.25, 0.3) is 5.69 Å². The van der Waals surface area contributed by atoms with Gasteiger partial charge in [-0.15, -0.1) is 0 Å². The van der Waals surface area contributed by atoms with E-state index in [2.05, 4.69) is 56.5 Å². The van der Waals surface area contributed by atoms with Crippen LogP contribution < -0.4 is 20.7 Å². The van der Waals surface area contributed by atoms with Crippen molar-refractivity contribution in [1.82, 2.24) is 14.8 Å². The number of aromatic nitrogens is 3. The van der Waals surface area contributed by atoms with Gasteiger partial charge in [-0.2, -0.15) is 0 Å². The number of benzene rings is 3. The molecule has 4 aromatic rings.